The van der Waals surface area contributed by atoms with Gasteiger partial charge < -0.3 is 10.0 Å². The lowest BCUT2D eigenvalue weighted by molar-refractivity contribution is -0.133. The average Bonchev–Trinajstić information content (AvgIpc) is 2.85. The highest BCUT2D eigenvalue weighted by molar-refractivity contribution is 7.12. The molecular formula is C15H20N2O3S. The molecule has 2 fully saturated rings. The molecule has 1 aliphatic carbocycles. The van der Waals surface area contributed by atoms with Gasteiger partial charge in [-0.15, -0.1) is 11.3 Å². The van der Waals surface area contributed by atoms with Crippen LogP contribution in [0, 0.1) is 12.3 Å². The minimum absolute atomic E-state index is 0.0309. The fourth-order valence-corrected chi connectivity index (χ4v) is 4.00. The highest BCUT2D eigenvalue weighted by Crippen LogP contribution is 2.49. The van der Waals surface area contributed by atoms with Crippen LogP contribution in [0.5, 0.6) is 0 Å². The maximum Gasteiger partial charge on any atom is 0.355 e. The molecule has 0 bridgehead atoms. The monoisotopic (exact) mass is 308 g/mol. The molecule has 1 aromatic rings. The number of nitrogens with zero attached hydrogens (tertiary/aromatic N) is 2. The van der Waals surface area contributed by atoms with Crippen LogP contribution in [-0.4, -0.2) is 33.4 Å². The van der Waals surface area contributed by atoms with Crippen molar-refractivity contribution in [3.05, 3.63) is 15.6 Å². The molecular weight excluding hydrogens is 288 g/mol. The zero-order chi connectivity index (χ0) is 15.2. The molecule has 1 saturated heterocycles. The van der Waals surface area contributed by atoms with Crippen LogP contribution in [0.15, 0.2) is 0 Å². The van der Waals surface area contributed by atoms with E-state index in [4.69, 9.17) is 5.11 Å². The lowest BCUT2D eigenvalue weighted by Crippen LogP contribution is -2.31. The Hall–Kier alpha value is -1.43. The molecule has 1 unspecified atom stereocenters. The van der Waals surface area contributed by atoms with Crippen LogP contribution in [-0.2, 0) is 4.79 Å². The Morgan fingerprint density at radius 3 is 2.76 bits per heavy atom. The van der Waals surface area contributed by atoms with Gasteiger partial charge in [-0.25, -0.2) is 9.78 Å². The predicted molar refractivity (Wildman–Crippen MR) is 79.5 cm³/mol. The number of thiazole rings is 1. The number of carboxylic acid groups (broad SMARTS) is 1. The highest BCUT2D eigenvalue weighted by Gasteiger charge is 2.42. The Morgan fingerprint density at radius 1 is 1.48 bits per heavy atom. The molecule has 1 amide bonds. The Kier molecular flexibility index (Phi) is 3.51. The summed E-state index contributed by atoms with van der Waals surface area (Å²) in [6.45, 7) is 4.70. The normalized spacial score (nSPS) is 23.3. The molecule has 1 aromatic heterocycles. The molecule has 1 atom stereocenters. The van der Waals surface area contributed by atoms with Crippen molar-refractivity contribution < 1.29 is 14.7 Å². The summed E-state index contributed by atoms with van der Waals surface area (Å²) in [6.07, 6.45) is 4.73. The maximum atomic E-state index is 12.5. The molecule has 2 aliphatic rings. The number of carbonyl (C=O) groups is 2. The van der Waals surface area contributed by atoms with Crippen molar-refractivity contribution in [3.63, 3.8) is 0 Å². The number of amides is 1. The summed E-state index contributed by atoms with van der Waals surface area (Å²) in [6, 6.07) is -0.0309. The summed E-state index contributed by atoms with van der Waals surface area (Å²) in [4.78, 5) is 30.5. The number of carbonyl (C=O) groups excluding carboxylic acids is 1. The fraction of sp³-hybridized carbons (Fsp3) is 0.667. The molecule has 1 N–H and O–H groups in total. The molecule has 6 heteroatoms. The molecule has 2 heterocycles. The van der Waals surface area contributed by atoms with Crippen molar-refractivity contribution >= 4 is 23.2 Å². The molecule has 1 aliphatic heterocycles. The highest BCUT2D eigenvalue weighted by atomic mass is 32.1. The number of rotatable bonds is 4. The van der Waals surface area contributed by atoms with Crippen LogP contribution in [0.2, 0.25) is 0 Å². The van der Waals surface area contributed by atoms with Gasteiger partial charge in [0.1, 0.15) is 5.01 Å². The molecule has 0 radical (unpaired) electrons. The summed E-state index contributed by atoms with van der Waals surface area (Å²) < 4.78 is 0. The van der Waals surface area contributed by atoms with Gasteiger partial charge in [0.05, 0.1) is 6.04 Å². The van der Waals surface area contributed by atoms with E-state index >= 15 is 0 Å². The number of aromatic carboxylic acids is 1. The Balaban J connectivity index is 1.78. The van der Waals surface area contributed by atoms with E-state index in [2.05, 4.69) is 11.9 Å². The molecule has 114 valence electrons. The second kappa shape index (κ2) is 5.09. The van der Waals surface area contributed by atoms with Crippen LogP contribution in [0.25, 0.3) is 0 Å². The number of likely N-dealkylation sites (tertiary alicyclic amines) is 1. The lowest BCUT2D eigenvalue weighted by Gasteiger charge is -2.24. The van der Waals surface area contributed by atoms with Crippen LogP contribution in [0.3, 0.4) is 0 Å². The quantitative estimate of drug-likeness (QED) is 0.928. The maximum absolute atomic E-state index is 12.5. The first-order valence-electron chi connectivity index (χ1n) is 7.40. The molecule has 0 spiro atoms. The zero-order valence-corrected chi connectivity index (χ0v) is 13.2. The third-order valence-electron chi connectivity index (χ3n) is 4.56. The topological polar surface area (TPSA) is 70.5 Å². The van der Waals surface area contributed by atoms with E-state index in [1.54, 1.807) is 6.92 Å². The molecule has 3 rings (SSSR count). The summed E-state index contributed by atoms with van der Waals surface area (Å²) in [5.41, 5.74) is 0.332. The van der Waals surface area contributed by atoms with E-state index in [1.807, 2.05) is 4.90 Å². The standard InChI is InChI=1S/C15H20N2O3S/c1-9-12(14(19)20)16-13(21-9)10-4-3-7-17(10)11(18)8-15(2)5-6-15/h10H,3-8H2,1-2H3,(H,19,20). The zero-order valence-electron chi connectivity index (χ0n) is 12.4. The van der Waals surface area contributed by atoms with Gasteiger partial charge in [-0.3, -0.25) is 4.79 Å². The summed E-state index contributed by atoms with van der Waals surface area (Å²) in [5, 5.41) is 9.90. The first-order valence-corrected chi connectivity index (χ1v) is 8.21. The van der Waals surface area contributed by atoms with Gasteiger partial charge in [0.25, 0.3) is 0 Å². The van der Waals surface area contributed by atoms with Crippen molar-refractivity contribution in [2.45, 2.75) is 52.0 Å². The summed E-state index contributed by atoms with van der Waals surface area (Å²) in [7, 11) is 0. The minimum atomic E-state index is -0.989. The number of carboxylic acids is 1. The van der Waals surface area contributed by atoms with Gasteiger partial charge in [0.15, 0.2) is 5.69 Å². The third kappa shape index (κ3) is 2.81. The number of hydrogen-bond donors (Lipinski definition) is 1. The van der Waals surface area contributed by atoms with E-state index in [1.165, 1.54) is 11.3 Å². The molecule has 21 heavy (non-hydrogen) atoms. The average molecular weight is 308 g/mol. The van der Waals surface area contributed by atoms with Crippen molar-refractivity contribution in [2.75, 3.05) is 6.54 Å². The molecule has 0 aromatic carbocycles. The van der Waals surface area contributed by atoms with Crippen LogP contribution in [0.1, 0.15) is 65.4 Å². The smallest absolute Gasteiger partial charge is 0.355 e. The van der Waals surface area contributed by atoms with E-state index in [0.29, 0.717) is 11.3 Å². The van der Waals surface area contributed by atoms with Gasteiger partial charge >= 0.3 is 5.97 Å². The third-order valence-corrected chi connectivity index (χ3v) is 5.63. The van der Waals surface area contributed by atoms with Crippen LogP contribution in [0.4, 0.5) is 0 Å². The van der Waals surface area contributed by atoms with E-state index in [9.17, 15) is 9.59 Å². The lowest BCUT2D eigenvalue weighted by atomic mass is 10.0. The van der Waals surface area contributed by atoms with Crippen molar-refractivity contribution in [2.24, 2.45) is 5.41 Å². The largest absolute Gasteiger partial charge is 0.476 e. The number of aromatic nitrogens is 1. The predicted octanol–water partition coefficient (Wildman–Crippen LogP) is 3.00. The summed E-state index contributed by atoms with van der Waals surface area (Å²) >= 11 is 1.41. The van der Waals surface area contributed by atoms with Gasteiger partial charge in [-0.05, 0) is 38.0 Å². The molecule has 1 saturated carbocycles. The van der Waals surface area contributed by atoms with Crippen molar-refractivity contribution in [1.29, 1.82) is 0 Å². The van der Waals surface area contributed by atoms with Gasteiger partial charge in [0, 0.05) is 17.8 Å². The first kappa shape index (κ1) is 14.5. The Labute approximate surface area is 128 Å². The van der Waals surface area contributed by atoms with E-state index in [0.717, 1.165) is 37.2 Å². The van der Waals surface area contributed by atoms with Gasteiger partial charge in [-0.2, -0.15) is 0 Å². The van der Waals surface area contributed by atoms with Crippen LogP contribution >= 0.6 is 11.3 Å². The van der Waals surface area contributed by atoms with Crippen LogP contribution < -0.4 is 0 Å². The Morgan fingerprint density at radius 2 is 2.19 bits per heavy atom. The molecule has 5 nitrogen and oxygen atoms in total. The first-order chi connectivity index (χ1) is 9.89. The van der Waals surface area contributed by atoms with Crippen molar-refractivity contribution in [3.8, 4) is 0 Å². The minimum Gasteiger partial charge on any atom is -0.476 e. The number of aryl methyl sites for hydroxylation is 1. The van der Waals surface area contributed by atoms with Gasteiger partial charge in [-0.1, -0.05) is 6.92 Å². The van der Waals surface area contributed by atoms with Crippen molar-refractivity contribution in [1.82, 2.24) is 9.88 Å². The second-order valence-electron chi connectivity index (χ2n) is 6.49. The van der Waals surface area contributed by atoms with Gasteiger partial charge in [0.2, 0.25) is 5.91 Å². The SMILES string of the molecule is Cc1sc(C2CCCN2C(=O)CC2(C)CC2)nc1C(=O)O. The fourth-order valence-electron chi connectivity index (χ4n) is 2.94. The second-order valence-corrected chi connectivity index (χ2v) is 7.73. The van der Waals surface area contributed by atoms with E-state index in [-0.39, 0.29) is 23.1 Å². The Bertz CT molecular complexity index is 592. The number of hydrogen-bond acceptors (Lipinski definition) is 4. The summed E-state index contributed by atoms with van der Waals surface area (Å²) in [5.74, 6) is -0.793. The van der Waals surface area contributed by atoms with E-state index < -0.39 is 5.97 Å².